The molecule has 3 atom stereocenters. The molecule has 0 spiro atoms. The number of fused-ring (bicyclic) bond motifs is 1. The summed E-state index contributed by atoms with van der Waals surface area (Å²) < 4.78 is 0. The van der Waals surface area contributed by atoms with Gasteiger partial charge in [0, 0.05) is 37.2 Å². The number of nitrogens with zero attached hydrogens (tertiary/aromatic N) is 1. The second-order valence-corrected chi connectivity index (χ2v) is 8.67. The largest absolute Gasteiger partial charge is 0.353 e. The van der Waals surface area contributed by atoms with Crippen LogP contribution in [0.5, 0.6) is 0 Å². The van der Waals surface area contributed by atoms with Gasteiger partial charge >= 0.3 is 0 Å². The number of anilines is 1. The highest BCUT2D eigenvalue weighted by Gasteiger charge is 2.45. The van der Waals surface area contributed by atoms with Crippen LogP contribution in [0.2, 0.25) is 0 Å². The average Bonchev–Trinajstić information content (AvgIpc) is 3.01. The highest BCUT2D eigenvalue weighted by molar-refractivity contribution is 6.05. The molecular weight excluding hydrogens is 350 g/mol. The van der Waals surface area contributed by atoms with Crippen LogP contribution < -0.4 is 15.5 Å². The Balaban J connectivity index is 1.59. The third-order valence-electron chi connectivity index (χ3n) is 6.88. The predicted octanol–water partition coefficient (Wildman–Crippen LogP) is 3.20. The van der Waals surface area contributed by atoms with Gasteiger partial charge in [-0.15, -0.1) is 0 Å². The Kier molecular flexibility index (Phi) is 6.00. The zero-order valence-corrected chi connectivity index (χ0v) is 17.0. The monoisotopic (exact) mass is 383 g/mol. The number of para-hydroxylation sites is 1. The fourth-order valence-corrected chi connectivity index (χ4v) is 5.37. The summed E-state index contributed by atoms with van der Waals surface area (Å²) in [5.74, 6) is 0.875. The summed E-state index contributed by atoms with van der Waals surface area (Å²) in [6.07, 6.45) is 7.74. The number of rotatable bonds is 5. The van der Waals surface area contributed by atoms with Crippen molar-refractivity contribution in [2.45, 2.75) is 63.8 Å². The van der Waals surface area contributed by atoms with Crippen molar-refractivity contribution in [3.8, 4) is 0 Å². The summed E-state index contributed by atoms with van der Waals surface area (Å²) >= 11 is 0. The summed E-state index contributed by atoms with van der Waals surface area (Å²) in [7, 11) is 0. The Morgan fingerprint density at radius 2 is 1.96 bits per heavy atom. The van der Waals surface area contributed by atoms with Crippen LogP contribution in [0, 0.1) is 11.8 Å². The van der Waals surface area contributed by atoms with Crippen LogP contribution in [0.4, 0.5) is 5.69 Å². The smallest absolute Gasteiger partial charge is 0.235 e. The van der Waals surface area contributed by atoms with Gasteiger partial charge in [-0.3, -0.25) is 9.59 Å². The number of amides is 2. The standard InChI is InChI=1S/C23H33N3O2/c1-2-21(27)25-19-12-13-24-14-18(19)22-17-10-6-7-11-20(17)26(23(22)28)15-16-8-4-3-5-9-16/h6-7,10-11,16,18-19,22,24H,2-5,8-9,12-15H2,1H3,(H,25,27). The third kappa shape index (κ3) is 3.82. The van der Waals surface area contributed by atoms with Gasteiger partial charge in [0.2, 0.25) is 11.8 Å². The van der Waals surface area contributed by atoms with Gasteiger partial charge in [0.25, 0.3) is 0 Å². The maximum absolute atomic E-state index is 13.6. The first-order valence-electron chi connectivity index (χ1n) is 11.1. The van der Waals surface area contributed by atoms with E-state index in [1.54, 1.807) is 0 Å². The molecule has 0 aromatic heterocycles. The predicted molar refractivity (Wildman–Crippen MR) is 111 cm³/mol. The molecule has 1 saturated carbocycles. The van der Waals surface area contributed by atoms with E-state index in [1.807, 2.05) is 19.1 Å². The minimum absolute atomic E-state index is 0.0605. The molecule has 3 unspecified atom stereocenters. The van der Waals surface area contributed by atoms with Crippen molar-refractivity contribution >= 4 is 17.5 Å². The first kappa shape index (κ1) is 19.4. The molecule has 2 aliphatic heterocycles. The third-order valence-corrected chi connectivity index (χ3v) is 6.88. The molecule has 1 aromatic carbocycles. The van der Waals surface area contributed by atoms with Crippen LogP contribution in [0.15, 0.2) is 24.3 Å². The molecule has 5 heteroatoms. The van der Waals surface area contributed by atoms with Gasteiger partial charge in [0.1, 0.15) is 0 Å². The molecule has 1 aliphatic carbocycles. The molecule has 0 radical (unpaired) electrons. The van der Waals surface area contributed by atoms with Crippen LogP contribution in [-0.2, 0) is 9.59 Å². The van der Waals surface area contributed by atoms with Gasteiger partial charge in [-0.2, -0.15) is 0 Å². The molecule has 1 aromatic rings. The Morgan fingerprint density at radius 1 is 1.18 bits per heavy atom. The molecule has 2 heterocycles. The number of carbonyl (C=O) groups excluding carboxylic acids is 2. The summed E-state index contributed by atoms with van der Waals surface area (Å²) in [5, 5.41) is 6.65. The lowest BCUT2D eigenvalue weighted by molar-refractivity contribution is -0.124. The van der Waals surface area contributed by atoms with E-state index < -0.39 is 0 Å². The van der Waals surface area contributed by atoms with Gasteiger partial charge in [0.05, 0.1) is 5.92 Å². The molecule has 5 nitrogen and oxygen atoms in total. The highest BCUT2D eigenvalue weighted by atomic mass is 16.2. The van der Waals surface area contributed by atoms with Gasteiger partial charge in [-0.05, 0) is 43.4 Å². The number of benzene rings is 1. The van der Waals surface area contributed by atoms with E-state index in [0.29, 0.717) is 12.3 Å². The second-order valence-electron chi connectivity index (χ2n) is 8.67. The minimum Gasteiger partial charge on any atom is -0.353 e. The first-order valence-corrected chi connectivity index (χ1v) is 11.1. The molecule has 0 bridgehead atoms. The lowest BCUT2D eigenvalue weighted by Crippen LogP contribution is -2.52. The lowest BCUT2D eigenvalue weighted by Gasteiger charge is -2.36. The van der Waals surface area contributed by atoms with E-state index in [1.165, 1.54) is 32.1 Å². The fraction of sp³-hybridized carbons (Fsp3) is 0.652. The molecule has 2 N–H and O–H groups in total. The molecule has 28 heavy (non-hydrogen) atoms. The van der Waals surface area contributed by atoms with Gasteiger partial charge in [0.15, 0.2) is 0 Å². The first-order chi connectivity index (χ1) is 13.7. The maximum atomic E-state index is 13.6. The van der Waals surface area contributed by atoms with Crippen LogP contribution in [-0.4, -0.2) is 37.5 Å². The van der Waals surface area contributed by atoms with Crippen molar-refractivity contribution in [2.24, 2.45) is 11.8 Å². The van der Waals surface area contributed by atoms with E-state index in [0.717, 1.165) is 37.3 Å². The number of piperidine rings is 1. The summed E-state index contributed by atoms with van der Waals surface area (Å²) in [5.41, 5.74) is 2.24. The highest BCUT2D eigenvalue weighted by Crippen LogP contribution is 2.44. The van der Waals surface area contributed by atoms with E-state index in [-0.39, 0.29) is 29.7 Å². The van der Waals surface area contributed by atoms with E-state index in [2.05, 4.69) is 27.7 Å². The second kappa shape index (κ2) is 8.64. The Hall–Kier alpha value is -1.88. The number of nitrogens with one attached hydrogen (secondary N) is 2. The molecular formula is C23H33N3O2. The SMILES string of the molecule is CCC(=O)NC1CCNCC1C1C(=O)N(CC2CCCCC2)c2ccccc21. The molecule has 3 aliphatic rings. The van der Waals surface area contributed by atoms with Crippen molar-refractivity contribution in [3.63, 3.8) is 0 Å². The topological polar surface area (TPSA) is 61.4 Å². The van der Waals surface area contributed by atoms with Crippen molar-refractivity contribution in [1.29, 1.82) is 0 Å². The van der Waals surface area contributed by atoms with E-state index in [9.17, 15) is 9.59 Å². The Labute approximate surface area is 168 Å². The summed E-state index contributed by atoms with van der Waals surface area (Å²) in [4.78, 5) is 27.7. The average molecular weight is 384 g/mol. The van der Waals surface area contributed by atoms with Crippen LogP contribution >= 0.6 is 0 Å². The summed E-state index contributed by atoms with van der Waals surface area (Å²) in [6, 6.07) is 8.36. The van der Waals surface area contributed by atoms with Gasteiger partial charge in [-0.1, -0.05) is 44.4 Å². The normalized spacial score (nSPS) is 28.2. The lowest BCUT2D eigenvalue weighted by atomic mass is 9.79. The van der Waals surface area contributed by atoms with Crippen molar-refractivity contribution in [2.75, 3.05) is 24.5 Å². The Morgan fingerprint density at radius 3 is 2.75 bits per heavy atom. The molecule has 1 saturated heterocycles. The summed E-state index contributed by atoms with van der Waals surface area (Å²) in [6.45, 7) is 4.39. The van der Waals surface area contributed by atoms with Crippen molar-refractivity contribution in [1.82, 2.24) is 10.6 Å². The molecule has 152 valence electrons. The molecule has 2 amide bonds. The van der Waals surface area contributed by atoms with Crippen molar-refractivity contribution in [3.05, 3.63) is 29.8 Å². The zero-order valence-electron chi connectivity index (χ0n) is 17.0. The quantitative estimate of drug-likeness (QED) is 0.821. The Bertz CT molecular complexity index is 714. The van der Waals surface area contributed by atoms with Gasteiger partial charge in [-0.25, -0.2) is 0 Å². The van der Waals surface area contributed by atoms with E-state index >= 15 is 0 Å². The van der Waals surface area contributed by atoms with Crippen LogP contribution in [0.3, 0.4) is 0 Å². The molecule has 2 fully saturated rings. The van der Waals surface area contributed by atoms with Gasteiger partial charge < -0.3 is 15.5 Å². The fourth-order valence-electron chi connectivity index (χ4n) is 5.37. The minimum atomic E-state index is -0.158. The number of carbonyl (C=O) groups is 2. The van der Waals surface area contributed by atoms with Crippen molar-refractivity contribution < 1.29 is 9.59 Å². The van der Waals surface area contributed by atoms with Crippen LogP contribution in [0.25, 0.3) is 0 Å². The maximum Gasteiger partial charge on any atom is 0.235 e. The van der Waals surface area contributed by atoms with Crippen LogP contribution in [0.1, 0.15) is 63.4 Å². The zero-order chi connectivity index (χ0) is 19.5. The number of hydrogen-bond donors (Lipinski definition) is 2. The molecule has 4 rings (SSSR count). The number of hydrogen-bond acceptors (Lipinski definition) is 3. The van der Waals surface area contributed by atoms with E-state index in [4.69, 9.17) is 0 Å².